The first-order chi connectivity index (χ1) is 11.4. The topological polar surface area (TPSA) is 128 Å². The van der Waals surface area contributed by atoms with Gasteiger partial charge < -0.3 is 8.94 Å². The lowest BCUT2D eigenvalue weighted by Crippen LogP contribution is -2.43. The molecule has 130 valence electrons. The second-order valence-corrected chi connectivity index (χ2v) is 8.05. The van der Waals surface area contributed by atoms with Gasteiger partial charge in [-0.15, -0.1) is 0 Å². The fourth-order valence-corrected chi connectivity index (χ4v) is 4.31. The van der Waals surface area contributed by atoms with Gasteiger partial charge in [-0.3, -0.25) is 0 Å². The van der Waals surface area contributed by atoms with Crippen LogP contribution >= 0.6 is 0 Å². The average molecular weight is 353 g/mol. The minimum atomic E-state index is -3.60. The number of hydrogen-bond acceptors (Lipinski definition) is 7. The number of aryl methyl sites for hydroxylation is 1. The van der Waals surface area contributed by atoms with E-state index in [-0.39, 0.29) is 11.3 Å². The Morgan fingerprint density at radius 3 is 2.83 bits per heavy atom. The second kappa shape index (κ2) is 5.36. The van der Waals surface area contributed by atoms with Crippen LogP contribution < -0.4 is 5.14 Å². The quantitative estimate of drug-likeness (QED) is 0.870. The van der Waals surface area contributed by atoms with E-state index >= 15 is 0 Å². The number of rotatable bonds is 4. The van der Waals surface area contributed by atoms with Crippen LogP contribution in [0.1, 0.15) is 43.6 Å². The molecule has 2 aliphatic rings. The van der Waals surface area contributed by atoms with Crippen molar-refractivity contribution >= 4 is 10.2 Å². The molecule has 0 aromatic carbocycles. The number of nitrogens with two attached hydrogens (primary N) is 1. The largest absolute Gasteiger partial charge is 0.438 e. The van der Waals surface area contributed by atoms with Crippen LogP contribution in [0.2, 0.25) is 0 Å². The Morgan fingerprint density at radius 2 is 2.17 bits per heavy atom. The summed E-state index contributed by atoms with van der Waals surface area (Å²) in [7, 11) is -3.60. The third-order valence-electron chi connectivity index (χ3n) is 5.19. The van der Waals surface area contributed by atoms with Crippen molar-refractivity contribution in [3.8, 4) is 11.7 Å². The van der Waals surface area contributed by atoms with Gasteiger partial charge in [0.15, 0.2) is 12.2 Å². The van der Waals surface area contributed by atoms with E-state index in [2.05, 4.69) is 15.1 Å². The molecular weight excluding hydrogens is 334 g/mol. The van der Waals surface area contributed by atoms with Crippen molar-refractivity contribution in [3.05, 3.63) is 17.9 Å². The highest BCUT2D eigenvalue weighted by molar-refractivity contribution is 7.86. The molecule has 0 bridgehead atoms. The Labute approximate surface area is 139 Å². The lowest BCUT2D eigenvalue weighted by Gasteiger charge is -2.30. The highest BCUT2D eigenvalue weighted by Gasteiger charge is 2.58. The molecule has 2 fully saturated rings. The molecule has 2 N–H and O–H groups in total. The fourth-order valence-electron chi connectivity index (χ4n) is 3.61. The van der Waals surface area contributed by atoms with Crippen molar-refractivity contribution in [1.29, 1.82) is 0 Å². The van der Waals surface area contributed by atoms with Crippen molar-refractivity contribution in [2.24, 2.45) is 10.6 Å². The molecule has 1 atom stereocenters. The Bertz CT molecular complexity index is 850. The average Bonchev–Trinajstić information content (AvgIpc) is 2.97. The number of oxazole rings is 1. The van der Waals surface area contributed by atoms with Crippen LogP contribution in [0.4, 0.5) is 0 Å². The van der Waals surface area contributed by atoms with E-state index in [1.807, 2.05) is 6.92 Å². The summed E-state index contributed by atoms with van der Waals surface area (Å²) in [6.45, 7) is 2.87. The Morgan fingerprint density at radius 1 is 1.42 bits per heavy atom. The Kier molecular flexibility index (Phi) is 3.52. The van der Waals surface area contributed by atoms with Gasteiger partial charge in [0.25, 0.3) is 16.1 Å². The van der Waals surface area contributed by atoms with E-state index in [0.29, 0.717) is 30.6 Å². The van der Waals surface area contributed by atoms with Gasteiger partial charge in [0.1, 0.15) is 0 Å². The fraction of sp³-hybridized carbons (Fsp3) is 0.643. The lowest BCUT2D eigenvalue weighted by molar-refractivity contribution is 0.249. The van der Waals surface area contributed by atoms with Gasteiger partial charge in [0.05, 0.1) is 5.69 Å². The molecule has 9 nitrogen and oxygen atoms in total. The molecule has 1 spiro atoms. The van der Waals surface area contributed by atoms with Crippen molar-refractivity contribution in [3.63, 3.8) is 0 Å². The summed E-state index contributed by atoms with van der Waals surface area (Å²) in [5.74, 6) is 1.73. The Hall–Kier alpha value is -1.78. The van der Waals surface area contributed by atoms with E-state index in [1.54, 1.807) is 0 Å². The van der Waals surface area contributed by atoms with Crippen LogP contribution in [0.3, 0.4) is 0 Å². The first kappa shape index (κ1) is 15.7. The summed E-state index contributed by atoms with van der Waals surface area (Å²) in [6.07, 6.45) is 4.57. The standard InChI is InChI=1S/C14H19N5O4S/c1-2-10-11(22-8-16-10)13-17-12(18-23-13)9-7-14(9)3-5-19(6-4-14)24(15,20)21/h8-9H,2-7H2,1H3,(H2,15,20,21)/t9-/m0/s1. The van der Waals surface area contributed by atoms with Crippen LogP contribution in [0.15, 0.2) is 15.3 Å². The van der Waals surface area contributed by atoms with Crippen LogP contribution in [0.25, 0.3) is 11.7 Å². The first-order valence-electron chi connectivity index (χ1n) is 7.97. The van der Waals surface area contributed by atoms with Gasteiger partial charge in [-0.2, -0.15) is 17.7 Å². The van der Waals surface area contributed by atoms with Crippen molar-refractivity contribution < 1.29 is 17.4 Å². The third-order valence-corrected chi connectivity index (χ3v) is 6.28. The van der Waals surface area contributed by atoms with Gasteiger partial charge in [-0.05, 0) is 31.1 Å². The van der Waals surface area contributed by atoms with E-state index in [9.17, 15) is 8.42 Å². The predicted molar refractivity (Wildman–Crippen MR) is 82.9 cm³/mol. The minimum absolute atomic E-state index is 0.0668. The van der Waals surface area contributed by atoms with Crippen LogP contribution in [0, 0.1) is 5.41 Å². The number of nitrogens with zero attached hydrogens (tertiary/aromatic N) is 4. The monoisotopic (exact) mass is 353 g/mol. The van der Waals surface area contributed by atoms with Crippen LogP contribution in [0.5, 0.6) is 0 Å². The van der Waals surface area contributed by atoms with Crippen molar-refractivity contribution in [2.45, 2.75) is 38.5 Å². The number of piperidine rings is 1. The molecule has 1 saturated carbocycles. The molecule has 1 saturated heterocycles. The molecule has 0 radical (unpaired) electrons. The summed E-state index contributed by atoms with van der Waals surface area (Å²) >= 11 is 0. The van der Waals surface area contributed by atoms with Gasteiger partial charge in [0, 0.05) is 19.0 Å². The summed E-state index contributed by atoms with van der Waals surface area (Å²) in [5, 5.41) is 9.29. The van der Waals surface area contributed by atoms with E-state index in [0.717, 1.165) is 31.4 Å². The minimum Gasteiger partial charge on any atom is -0.438 e. The zero-order valence-electron chi connectivity index (χ0n) is 13.3. The number of hydrogen-bond donors (Lipinski definition) is 1. The summed E-state index contributed by atoms with van der Waals surface area (Å²) in [5.41, 5.74) is 0.856. The molecule has 0 unspecified atom stereocenters. The van der Waals surface area contributed by atoms with Gasteiger partial charge in [-0.25, -0.2) is 10.1 Å². The smallest absolute Gasteiger partial charge is 0.295 e. The summed E-state index contributed by atoms with van der Waals surface area (Å²) in [4.78, 5) is 8.60. The maximum absolute atomic E-state index is 11.4. The van der Waals surface area contributed by atoms with Gasteiger partial charge in [-0.1, -0.05) is 12.1 Å². The zero-order valence-corrected chi connectivity index (χ0v) is 14.1. The van der Waals surface area contributed by atoms with Gasteiger partial charge >= 0.3 is 0 Å². The molecule has 0 amide bonds. The normalized spacial score (nSPS) is 23.7. The van der Waals surface area contributed by atoms with E-state index in [4.69, 9.17) is 14.1 Å². The molecular formula is C14H19N5O4S. The van der Waals surface area contributed by atoms with Gasteiger partial charge in [0.2, 0.25) is 5.76 Å². The molecule has 1 aliphatic heterocycles. The maximum Gasteiger partial charge on any atom is 0.295 e. The molecule has 24 heavy (non-hydrogen) atoms. The van der Waals surface area contributed by atoms with Crippen LogP contribution in [-0.2, 0) is 16.6 Å². The van der Waals surface area contributed by atoms with Crippen LogP contribution in [-0.4, -0.2) is 40.9 Å². The summed E-state index contributed by atoms with van der Waals surface area (Å²) in [6, 6.07) is 0. The van der Waals surface area contributed by atoms with E-state index in [1.165, 1.54) is 10.7 Å². The molecule has 2 aromatic heterocycles. The molecule has 10 heteroatoms. The molecule has 1 aliphatic carbocycles. The SMILES string of the molecule is CCc1ncoc1-c1nc([C@@H]2CC23CCN(S(N)(=O)=O)CC3)no1. The van der Waals surface area contributed by atoms with Crippen molar-refractivity contribution in [1.82, 2.24) is 19.4 Å². The predicted octanol–water partition coefficient (Wildman–Crippen LogP) is 1.06. The van der Waals surface area contributed by atoms with E-state index < -0.39 is 10.2 Å². The third kappa shape index (κ3) is 2.54. The zero-order chi connectivity index (χ0) is 16.9. The summed E-state index contributed by atoms with van der Waals surface area (Å²) < 4.78 is 34.8. The molecule has 3 heterocycles. The molecule has 2 aromatic rings. The highest BCUT2D eigenvalue weighted by Crippen LogP contribution is 2.64. The Balaban J connectivity index is 1.48. The lowest BCUT2D eigenvalue weighted by atomic mass is 9.92. The van der Waals surface area contributed by atoms with Crippen molar-refractivity contribution in [2.75, 3.05) is 13.1 Å². The molecule has 4 rings (SSSR count). The number of aromatic nitrogens is 3. The highest BCUT2D eigenvalue weighted by atomic mass is 32.2. The maximum atomic E-state index is 11.4. The first-order valence-corrected chi connectivity index (χ1v) is 9.47. The second-order valence-electron chi connectivity index (χ2n) is 6.50.